The van der Waals surface area contributed by atoms with Crippen molar-refractivity contribution >= 4 is 15.7 Å². The van der Waals surface area contributed by atoms with Crippen molar-refractivity contribution < 1.29 is 13.2 Å². The second-order valence-electron chi connectivity index (χ2n) is 7.10. The number of sulfone groups is 1. The maximum absolute atomic E-state index is 12.7. The van der Waals surface area contributed by atoms with Crippen molar-refractivity contribution in [3.05, 3.63) is 29.8 Å². The van der Waals surface area contributed by atoms with Gasteiger partial charge in [-0.2, -0.15) is 0 Å². The van der Waals surface area contributed by atoms with E-state index in [4.69, 9.17) is 0 Å². The van der Waals surface area contributed by atoms with Crippen LogP contribution in [0.25, 0.3) is 0 Å². The van der Waals surface area contributed by atoms with Gasteiger partial charge in [-0.25, -0.2) is 8.42 Å². The van der Waals surface area contributed by atoms with Gasteiger partial charge in [-0.05, 0) is 44.5 Å². The number of amides is 1. The predicted molar refractivity (Wildman–Crippen MR) is 97.5 cm³/mol. The van der Waals surface area contributed by atoms with Crippen molar-refractivity contribution in [2.45, 2.75) is 36.5 Å². The van der Waals surface area contributed by atoms with Crippen LogP contribution >= 0.6 is 0 Å². The molecule has 25 heavy (non-hydrogen) atoms. The summed E-state index contributed by atoms with van der Waals surface area (Å²) >= 11 is 0. The lowest BCUT2D eigenvalue weighted by Gasteiger charge is -2.32. The molecule has 2 aliphatic rings. The summed E-state index contributed by atoms with van der Waals surface area (Å²) in [6.45, 7) is 8.93. The normalized spacial score (nSPS) is 22.5. The summed E-state index contributed by atoms with van der Waals surface area (Å²) in [5, 5.41) is 2.89. The Labute approximate surface area is 150 Å². The Kier molecular flexibility index (Phi) is 5.46. The summed E-state index contributed by atoms with van der Waals surface area (Å²) in [4.78, 5) is 17.3. The summed E-state index contributed by atoms with van der Waals surface area (Å²) in [7, 11) is -3.30. The van der Waals surface area contributed by atoms with Gasteiger partial charge in [-0.3, -0.25) is 9.69 Å². The smallest absolute Gasteiger partial charge is 0.253 e. The van der Waals surface area contributed by atoms with E-state index in [-0.39, 0.29) is 10.8 Å². The Bertz CT molecular complexity index is 710. The first-order valence-corrected chi connectivity index (χ1v) is 10.5. The lowest BCUT2D eigenvalue weighted by molar-refractivity contribution is 0.0773. The van der Waals surface area contributed by atoms with Crippen LogP contribution in [-0.2, 0) is 9.84 Å². The highest BCUT2D eigenvalue weighted by Crippen LogP contribution is 2.21. The quantitative estimate of drug-likeness (QED) is 0.862. The molecule has 1 N–H and O–H groups in total. The highest BCUT2D eigenvalue weighted by Gasteiger charge is 2.31. The molecule has 2 saturated heterocycles. The van der Waals surface area contributed by atoms with Gasteiger partial charge in [0.15, 0.2) is 9.84 Å². The number of benzene rings is 1. The fourth-order valence-corrected chi connectivity index (χ4v) is 4.57. The molecule has 3 rings (SSSR count). The lowest BCUT2D eigenvalue weighted by Crippen LogP contribution is -2.49. The molecule has 2 aliphatic heterocycles. The zero-order valence-corrected chi connectivity index (χ0v) is 15.8. The van der Waals surface area contributed by atoms with Crippen molar-refractivity contribution in [1.29, 1.82) is 0 Å². The van der Waals surface area contributed by atoms with Crippen molar-refractivity contribution in [2.24, 2.45) is 0 Å². The molecule has 0 radical (unpaired) electrons. The van der Waals surface area contributed by atoms with Crippen LogP contribution in [0.5, 0.6) is 0 Å². The largest absolute Gasteiger partial charge is 0.337 e. The lowest BCUT2D eigenvalue weighted by atomic mass is 10.2. The number of likely N-dealkylation sites (tertiary alicyclic amines) is 1. The zero-order valence-electron chi connectivity index (χ0n) is 14.9. The van der Waals surface area contributed by atoms with E-state index in [1.54, 1.807) is 38.1 Å². The monoisotopic (exact) mass is 365 g/mol. The van der Waals surface area contributed by atoms with Gasteiger partial charge in [0.2, 0.25) is 0 Å². The van der Waals surface area contributed by atoms with Crippen molar-refractivity contribution in [3.8, 4) is 0 Å². The van der Waals surface area contributed by atoms with Gasteiger partial charge < -0.3 is 10.2 Å². The summed E-state index contributed by atoms with van der Waals surface area (Å²) in [6.07, 6.45) is 1.01. The number of nitrogens with one attached hydrogen (secondary N) is 1. The van der Waals surface area contributed by atoms with Crippen LogP contribution in [0, 0.1) is 0 Å². The third-order valence-electron chi connectivity index (χ3n) is 5.17. The highest BCUT2D eigenvalue weighted by atomic mass is 32.2. The van der Waals surface area contributed by atoms with Gasteiger partial charge in [0.25, 0.3) is 5.91 Å². The molecule has 0 aromatic heterocycles. The average Bonchev–Trinajstić information content (AvgIpc) is 3.12. The molecule has 6 nitrogen and oxygen atoms in total. The Morgan fingerprint density at radius 2 is 1.76 bits per heavy atom. The Hall–Kier alpha value is -1.44. The Morgan fingerprint density at radius 1 is 1.12 bits per heavy atom. The van der Waals surface area contributed by atoms with E-state index in [2.05, 4.69) is 10.2 Å². The molecule has 0 spiro atoms. The maximum Gasteiger partial charge on any atom is 0.253 e. The molecule has 1 aromatic rings. The summed E-state index contributed by atoms with van der Waals surface area (Å²) in [5.74, 6) is -0.00821. The molecular formula is C18H27N3O3S. The van der Waals surface area contributed by atoms with Crippen LogP contribution in [0.3, 0.4) is 0 Å². The fourth-order valence-electron chi connectivity index (χ4n) is 3.51. The molecule has 2 heterocycles. The first kappa shape index (κ1) is 18.4. The molecule has 7 heteroatoms. The van der Waals surface area contributed by atoms with Gasteiger partial charge in [-0.15, -0.1) is 0 Å². The van der Waals surface area contributed by atoms with E-state index in [0.717, 1.165) is 45.7 Å². The molecule has 1 atom stereocenters. The van der Waals surface area contributed by atoms with Crippen molar-refractivity contribution in [2.75, 3.05) is 39.3 Å². The molecular weight excluding hydrogens is 338 g/mol. The highest BCUT2D eigenvalue weighted by molar-refractivity contribution is 7.92. The minimum Gasteiger partial charge on any atom is -0.337 e. The number of carbonyl (C=O) groups is 1. The fraction of sp³-hybridized carbons (Fsp3) is 0.611. The summed E-state index contributed by atoms with van der Waals surface area (Å²) < 4.78 is 24.4. The second kappa shape index (κ2) is 7.43. The molecule has 1 amide bonds. The van der Waals surface area contributed by atoms with Crippen molar-refractivity contribution in [3.63, 3.8) is 0 Å². The maximum atomic E-state index is 12.7. The number of rotatable bonds is 4. The standard InChI is InChI=1S/C18H27N3O3S/c1-14(2)25(23,24)17-5-3-15(4-6-17)18(22)21-10-7-16(13-21)20-11-8-19-9-12-20/h3-6,14,16,19H,7-13H2,1-2H3. The van der Waals surface area contributed by atoms with E-state index in [9.17, 15) is 13.2 Å². The van der Waals surface area contributed by atoms with Crippen molar-refractivity contribution in [1.82, 2.24) is 15.1 Å². The van der Waals surface area contributed by atoms with E-state index in [1.807, 2.05) is 4.90 Å². The van der Waals surface area contributed by atoms with E-state index in [1.165, 1.54) is 0 Å². The van der Waals surface area contributed by atoms with Crippen LogP contribution in [0.4, 0.5) is 0 Å². The minimum absolute atomic E-state index is 0.00821. The third kappa shape index (κ3) is 3.88. The predicted octanol–water partition coefficient (Wildman–Crippen LogP) is 0.988. The minimum atomic E-state index is -3.30. The van der Waals surface area contributed by atoms with Crippen LogP contribution in [0.1, 0.15) is 30.6 Å². The van der Waals surface area contributed by atoms with Gasteiger partial charge in [-0.1, -0.05) is 0 Å². The number of nitrogens with zero attached hydrogens (tertiary/aromatic N) is 2. The van der Waals surface area contributed by atoms with Crippen LogP contribution in [0.15, 0.2) is 29.2 Å². The second-order valence-corrected chi connectivity index (χ2v) is 9.60. The van der Waals surface area contributed by atoms with Gasteiger partial charge in [0, 0.05) is 50.9 Å². The van der Waals surface area contributed by atoms with Gasteiger partial charge >= 0.3 is 0 Å². The van der Waals surface area contributed by atoms with Gasteiger partial charge in [0.1, 0.15) is 0 Å². The zero-order chi connectivity index (χ0) is 18.0. The number of piperazine rings is 1. The number of hydrogen-bond acceptors (Lipinski definition) is 5. The molecule has 138 valence electrons. The number of carbonyl (C=O) groups excluding carboxylic acids is 1. The number of hydrogen-bond donors (Lipinski definition) is 1. The third-order valence-corrected chi connectivity index (χ3v) is 7.34. The van der Waals surface area contributed by atoms with E-state index in [0.29, 0.717) is 11.6 Å². The van der Waals surface area contributed by atoms with Crippen LogP contribution < -0.4 is 5.32 Å². The molecule has 0 bridgehead atoms. The summed E-state index contributed by atoms with van der Waals surface area (Å²) in [5.41, 5.74) is 0.559. The molecule has 1 unspecified atom stereocenters. The first-order chi connectivity index (χ1) is 11.9. The molecule has 2 fully saturated rings. The van der Waals surface area contributed by atoms with Crippen LogP contribution in [0.2, 0.25) is 0 Å². The van der Waals surface area contributed by atoms with E-state index < -0.39 is 15.1 Å². The topological polar surface area (TPSA) is 69.7 Å². The SMILES string of the molecule is CC(C)S(=O)(=O)c1ccc(C(=O)N2CCC(N3CCNCC3)C2)cc1. The van der Waals surface area contributed by atoms with Gasteiger partial charge in [0.05, 0.1) is 10.1 Å². The average molecular weight is 365 g/mol. The Balaban J connectivity index is 1.65. The molecule has 0 saturated carbocycles. The van der Waals surface area contributed by atoms with Crippen LogP contribution in [-0.4, -0.2) is 74.7 Å². The Morgan fingerprint density at radius 3 is 2.36 bits per heavy atom. The first-order valence-electron chi connectivity index (χ1n) is 8.97. The molecule has 1 aromatic carbocycles. The molecule has 0 aliphatic carbocycles. The summed E-state index contributed by atoms with van der Waals surface area (Å²) in [6, 6.07) is 6.80. The van der Waals surface area contributed by atoms with E-state index >= 15 is 0 Å².